The van der Waals surface area contributed by atoms with Crippen LogP contribution in [0.5, 0.6) is 0 Å². The van der Waals surface area contributed by atoms with E-state index in [0.29, 0.717) is 17.1 Å². The minimum absolute atomic E-state index is 0.0610. The van der Waals surface area contributed by atoms with E-state index in [1.54, 1.807) is 32.0 Å². The van der Waals surface area contributed by atoms with Crippen LogP contribution in [0.25, 0.3) is 0 Å². The quantitative estimate of drug-likeness (QED) is 0.799. The number of ether oxygens (including phenoxy) is 1. The molecule has 2 rings (SSSR count). The zero-order valence-electron chi connectivity index (χ0n) is 13.7. The van der Waals surface area contributed by atoms with Gasteiger partial charge in [-0.05, 0) is 43.2 Å². The van der Waals surface area contributed by atoms with Gasteiger partial charge in [0.05, 0.1) is 6.61 Å². The van der Waals surface area contributed by atoms with Gasteiger partial charge in [-0.2, -0.15) is 0 Å². The van der Waals surface area contributed by atoms with Gasteiger partial charge in [0.1, 0.15) is 5.78 Å². The van der Waals surface area contributed by atoms with Crippen molar-refractivity contribution in [1.29, 1.82) is 0 Å². The van der Waals surface area contributed by atoms with E-state index in [-0.39, 0.29) is 18.3 Å². The second-order valence-electron chi connectivity index (χ2n) is 5.45. The average molecular weight is 346 g/mol. The fourth-order valence-corrected chi connectivity index (χ4v) is 2.77. The number of ketones is 1. The first-order chi connectivity index (χ1) is 11.5. The molecule has 0 aliphatic heterocycles. The van der Waals surface area contributed by atoms with Gasteiger partial charge in [0.25, 0.3) is 0 Å². The molecule has 5 heteroatoms. The molecule has 0 aliphatic rings. The van der Waals surface area contributed by atoms with Crippen LogP contribution in [-0.4, -0.2) is 18.5 Å². The highest BCUT2D eigenvalue weighted by Crippen LogP contribution is 2.35. The molecule has 1 N–H and O–H groups in total. The van der Waals surface area contributed by atoms with Crippen LogP contribution in [0.3, 0.4) is 0 Å². The third kappa shape index (κ3) is 4.83. The number of nitrogens with one attached hydrogen (secondary N) is 1. The normalized spacial score (nSPS) is 11.6. The molecule has 0 saturated carbocycles. The standard InChI is InChI=1S/C19H20ClNO3/c1-3-24-19(23)21-18-10-9-15(20)12-17(18)16(11-13(2)22)14-7-5-4-6-8-14/h4-10,12,16H,3,11H2,1-2H3,(H,21,23). The molecular weight excluding hydrogens is 326 g/mol. The molecule has 0 heterocycles. The Kier molecular flexibility index (Phi) is 6.38. The van der Waals surface area contributed by atoms with E-state index in [1.165, 1.54) is 0 Å². The minimum atomic E-state index is -0.532. The maximum atomic E-state index is 11.8. The van der Waals surface area contributed by atoms with E-state index >= 15 is 0 Å². The topological polar surface area (TPSA) is 55.4 Å². The van der Waals surface area contributed by atoms with Gasteiger partial charge in [0.2, 0.25) is 0 Å². The molecule has 24 heavy (non-hydrogen) atoms. The van der Waals surface area contributed by atoms with Crippen molar-refractivity contribution in [2.45, 2.75) is 26.2 Å². The van der Waals surface area contributed by atoms with Gasteiger partial charge in [0.15, 0.2) is 0 Å². The third-order valence-corrected chi connectivity index (χ3v) is 3.83. The Bertz CT molecular complexity index is 716. The molecule has 0 fully saturated rings. The molecule has 2 aromatic rings. The van der Waals surface area contributed by atoms with E-state index in [2.05, 4.69) is 5.32 Å². The molecule has 2 aromatic carbocycles. The van der Waals surface area contributed by atoms with Gasteiger partial charge in [0, 0.05) is 23.0 Å². The predicted octanol–water partition coefficient (Wildman–Crippen LogP) is 5.02. The van der Waals surface area contributed by atoms with Crippen LogP contribution in [0, 0.1) is 0 Å². The predicted molar refractivity (Wildman–Crippen MR) is 95.7 cm³/mol. The van der Waals surface area contributed by atoms with Gasteiger partial charge in [-0.3, -0.25) is 10.1 Å². The Morgan fingerprint density at radius 1 is 1.17 bits per heavy atom. The molecule has 1 amide bonds. The van der Waals surface area contributed by atoms with Crippen molar-refractivity contribution in [3.63, 3.8) is 0 Å². The fraction of sp³-hybridized carbons (Fsp3) is 0.263. The minimum Gasteiger partial charge on any atom is -0.450 e. The molecule has 4 nitrogen and oxygen atoms in total. The lowest BCUT2D eigenvalue weighted by Crippen LogP contribution is -2.16. The number of rotatable bonds is 6. The lowest BCUT2D eigenvalue weighted by Gasteiger charge is -2.21. The van der Waals surface area contributed by atoms with E-state index in [0.717, 1.165) is 11.1 Å². The number of Topliss-reactive ketones (excluding diaryl/α,β-unsaturated/α-hetero) is 1. The Balaban J connectivity index is 2.46. The van der Waals surface area contributed by atoms with Crippen molar-refractivity contribution in [3.05, 3.63) is 64.7 Å². The van der Waals surface area contributed by atoms with Crippen molar-refractivity contribution < 1.29 is 14.3 Å². The van der Waals surface area contributed by atoms with Crippen molar-refractivity contribution in [1.82, 2.24) is 0 Å². The van der Waals surface area contributed by atoms with Gasteiger partial charge < -0.3 is 4.74 Å². The average Bonchev–Trinajstić information content (AvgIpc) is 2.55. The van der Waals surface area contributed by atoms with Crippen LogP contribution in [0.2, 0.25) is 5.02 Å². The third-order valence-electron chi connectivity index (χ3n) is 3.59. The molecule has 1 unspecified atom stereocenters. The number of carbonyl (C=O) groups is 2. The Morgan fingerprint density at radius 3 is 2.50 bits per heavy atom. The zero-order chi connectivity index (χ0) is 17.5. The summed E-state index contributed by atoms with van der Waals surface area (Å²) >= 11 is 6.15. The monoisotopic (exact) mass is 345 g/mol. The lowest BCUT2D eigenvalue weighted by atomic mass is 9.86. The number of amides is 1. The van der Waals surface area contributed by atoms with Crippen LogP contribution >= 0.6 is 11.6 Å². The summed E-state index contributed by atoms with van der Waals surface area (Å²) in [5, 5.41) is 3.28. The fourth-order valence-electron chi connectivity index (χ4n) is 2.59. The second-order valence-corrected chi connectivity index (χ2v) is 5.88. The molecule has 126 valence electrons. The van der Waals surface area contributed by atoms with Gasteiger partial charge in [-0.1, -0.05) is 41.9 Å². The van der Waals surface area contributed by atoms with Crippen LogP contribution in [0.1, 0.15) is 37.3 Å². The van der Waals surface area contributed by atoms with Crippen LogP contribution < -0.4 is 5.32 Å². The Morgan fingerprint density at radius 2 is 1.88 bits per heavy atom. The summed E-state index contributed by atoms with van der Waals surface area (Å²) < 4.78 is 4.95. The SMILES string of the molecule is CCOC(=O)Nc1ccc(Cl)cc1C(CC(C)=O)c1ccccc1. The van der Waals surface area contributed by atoms with E-state index in [1.807, 2.05) is 30.3 Å². The van der Waals surface area contributed by atoms with Crippen LogP contribution in [0.4, 0.5) is 10.5 Å². The molecule has 1 atom stereocenters. The highest BCUT2D eigenvalue weighted by molar-refractivity contribution is 6.30. The lowest BCUT2D eigenvalue weighted by molar-refractivity contribution is -0.117. The number of hydrogen-bond acceptors (Lipinski definition) is 3. The summed E-state index contributed by atoms with van der Waals surface area (Å²) in [6.07, 6.45) is -0.210. The van der Waals surface area contributed by atoms with Gasteiger partial charge in [-0.15, -0.1) is 0 Å². The number of carbonyl (C=O) groups excluding carboxylic acids is 2. The molecule has 0 aliphatic carbocycles. The highest BCUT2D eigenvalue weighted by atomic mass is 35.5. The number of halogens is 1. The summed E-state index contributed by atoms with van der Waals surface area (Å²) in [5.74, 6) is -0.134. The molecule has 0 spiro atoms. The summed E-state index contributed by atoms with van der Waals surface area (Å²) in [6, 6.07) is 14.9. The Labute approximate surface area is 146 Å². The largest absolute Gasteiger partial charge is 0.450 e. The van der Waals surface area contributed by atoms with E-state index in [4.69, 9.17) is 16.3 Å². The zero-order valence-corrected chi connectivity index (χ0v) is 14.5. The maximum Gasteiger partial charge on any atom is 0.411 e. The smallest absolute Gasteiger partial charge is 0.411 e. The van der Waals surface area contributed by atoms with Gasteiger partial charge in [-0.25, -0.2) is 4.79 Å². The summed E-state index contributed by atoms with van der Waals surface area (Å²) in [4.78, 5) is 23.6. The first-order valence-corrected chi connectivity index (χ1v) is 8.16. The number of benzene rings is 2. The van der Waals surface area contributed by atoms with Crippen molar-refractivity contribution in [2.75, 3.05) is 11.9 Å². The van der Waals surface area contributed by atoms with Crippen molar-refractivity contribution in [2.24, 2.45) is 0 Å². The van der Waals surface area contributed by atoms with E-state index < -0.39 is 6.09 Å². The molecular formula is C19H20ClNO3. The van der Waals surface area contributed by atoms with Crippen LogP contribution in [-0.2, 0) is 9.53 Å². The van der Waals surface area contributed by atoms with Crippen molar-refractivity contribution >= 4 is 29.2 Å². The van der Waals surface area contributed by atoms with E-state index in [9.17, 15) is 9.59 Å². The number of hydrogen-bond donors (Lipinski definition) is 1. The summed E-state index contributed by atoms with van der Waals surface area (Å²) in [5.41, 5.74) is 2.37. The Hall–Kier alpha value is -2.33. The summed E-state index contributed by atoms with van der Waals surface area (Å²) in [6.45, 7) is 3.58. The first-order valence-electron chi connectivity index (χ1n) is 7.79. The van der Waals surface area contributed by atoms with Gasteiger partial charge >= 0.3 is 6.09 Å². The second kappa shape index (κ2) is 8.50. The molecule has 0 saturated heterocycles. The first kappa shape index (κ1) is 18.0. The number of anilines is 1. The molecule has 0 bridgehead atoms. The molecule has 0 aromatic heterocycles. The summed E-state index contributed by atoms with van der Waals surface area (Å²) in [7, 11) is 0. The van der Waals surface area contributed by atoms with Crippen molar-refractivity contribution in [3.8, 4) is 0 Å². The highest BCUT2D eigenvalue weighted by Gasteiger charge is 2.21. The maximum absolute atomic E-state index is 11.8. The molecule has 0 radical (unpaired) electrons. The van der Waals surface area contributed by atoms with Crippen LogP contribution in [0.15, 0.2) is 48.5 Å².